The first-order valence-corrected chi connectivity index (χ1v) is 10.6. The van der Waals surface area contributed by atoms with E-state index in [2.05, 4.69) is 17.1 Å². The van der Waals surface area contributed by atoms with Crippen molar-refractivity contribution in [1.82, 2.24) is 10.2 Å². The number of rotatable bonds is 7. The third-order valence-corrected chi connectivity index (χ3v) is 6.42. The van der Waals surface area contributed by atoms with Gasteiger partial charge >= 0.3 is 0 Å². The third kappa shape index (κ3) is 4.44. The number of aromatic hydroxyl groups is 1. The third-order valence-electron chi connectivity index (χ3n) is 6.42. The molecule has 0 unspecified atom stereocenters. The van der Waals surface area contributed by atoms with Crippen LogP contribution >= 0.6 is 0 Å². The van der Waals surface area contributed by atoms with Gasteiger partial charge in [0.2, 0.25) is 5.91 Å². The number of methoxy groups -OCH3 is 1. The molecule has 1 saturated carbocycles. The molecule has 3 rings (SSSR count). The second-order valence-electron chi connectivity index (χ2n) is 8.26. The Kier molecular flexibility index (Phi) is 6.83. The summed E-state index contributed by atoms with van der Waals surface area (Å²) in [5.41, 5.74) is 0.310. The Hall–Kier alpha value is -1.79. The monoisotopic (exact) mass is 390 g/mol. The van der Waals surface area contributed by atoms with E-state index in [1.54, 1.807) is 6.07 Å². The molecule has 3 N–H and O–H groups in total. The number of phenols is 1. The lowest BCUT2D eigenvalue weighted by Gasteiger charge is -2.52. The molecule has 1 aliphatic heterocycles. The number of carbonyl (C=O) groups excluding carboxylic acids is 1. The van der Waals surface area contributed by atoms with E-state index in [4.69, 9.17) is 4.74 Å². The second-order valence-corrected chi connectivity index (χ2v) is 8.26. The summed E-state index contributed by atoms with van der Waals surface area (Å²) < 4.78 is 5.31. The largest absolute Gasteiger partial charge is 0.504 e. The number of ether oxygens (including phenoxy) is 1. The van der Waals surface area contributed by atoms with Crippen molar-refractivity contribution < 1.29 is 19.7 Å². The van der Waals surface area contributed by atoms with E-state index in [1.807, 2.05) is 12.1 Å². The van der Waals surface area contributed by atoms with E-state index < -0.39 is 5.60 Å². The van der Waals surface area contributed by atoms with E-state index >= 15 is 0 Å². The molecule has 1 amide bonds. The molecule has 0 aromatic heterocycles. The summed E-state index contributed by atoms with van der Waals surface area (Å²) >= 11 is 0. The lowest BCUT2D eigenvalue weighted by atomic mass is 9.66. The number of hydrogen-bond acceptors (Lipinski definition) is 5. The predicted molar refractivity (Wildman–Crippen MR) is 108 cm³/mol. The van der Waals surface area contributed by atoms with Gasteiger partial charge in [-0.15, -0.1) is 0 Å². The van der Waals surface area contributed by atoms with Crippen LogP contribution in [0.1, 0.15) is 63.5 Å². The zero-order chi connectivity index (χ0) is 20.1. The van der Waals surface area contributed by atoms with Crippen molar-refractivity contribution in [2.45, 2.75) is 63.5 Å². The van der Waals surface area contributed by atoms with E-state index in [1.165, 1.54) is 7.11 Å². The highest BCUT2D eigenvalue weighted by Crippen LogP contribution is 2.49. The fourth-order valence-corrected chi connectivity index (χ4v) is 4.89. The number of nitrogens with one attached hydrogen (secondary N) is 1. The fraction of sp³-hybridized carbons (Fsp3) is 0.682. The molecule has 1 aromatic rings. The standard InChI is InChI=1S/C22H34N2O4/c1-3-4-12-23-20(26)15-24-13-11-22(27)10-6-5-7-17(22)21(24)16-8-9-18(25)19(14-16)28-2/h8-9,14,17,21,25,27H,3-7,10-13,15H2,1-2H3,(H,23,26)/t17-,21+,22-/m1/s1. The van der Waals surface area contributed by atoms with Gasteiger partial charge < -0.3 is 20.3 Å². The molecule has 1 heterocycles. The summed E-state index contributed by atoms with van der Waals surface area (Å²) in [4.78, 5) is 14.7. The lowest BCUT2D eigenvalue weighted by molar-refractivity contribution is -0.137. The molecule has 1 aromatic carbocycles. The van der Waals surface area contributed by atoms with Crippen molar-refractivity contribution in [2.75, 3.05) is 26.7 Å². The van der Waals surface area contributed by atoms with Gasteiger partial charge in [-0.05, 0) is 43.4 Å². The molecule has 6 nitrogen and oxygen atoms in total. The number of carbonyl (C=O) groups is 1. The predicted octanol–water partition coefficient (Wildman–Crippen LogP) is 2.99. The molecule has 28 heavy (non-hydrogen) atoms. The molecule has 2 aliphatic rings. The molecule has 1 saturated heterocycles. The van der Waals surface area contributed by atoms with Crippen LogP contribution in [0.4, 0.5) is 0 Å². The Balaban J connectivity index is 1.86. The number of hydrogen-bond donors (Lipinski definition) is 3. The SMILES string of the molecule is CCCCNC(=O)CN1CC[C@]2(O)CCCC[C@@H]2[C@@H]1c1ccc(O)c(OC)c1. The van der Waals surface area contributed by atoms with Crippen molar-refractivity contribution in [2.24, 2.45) is 5.92 Å². The van der Waals surface area contributed by atoms with Crippen LogP contribution < -0.4 is 10.1 Å². The van der Waals surface area contributed by atoms with Gasteiger partial charge in [0, 0.05) is 25.0 Å². The molecule has 0 spiro atoms. The van der Waals surface area contributed by atoms with Crippen LogP contribution in [0, 0.1) is 5.92 Å². The molecule has 2 fully saturated rings. The van der Waals surface area contributed by atoms with Gasteiger partial charge in [0.05, 0.1) is 19.3 Å². The second kappa shape index (κ2) is 9.14. The van der Waals surface area contributed by atoms with Gasteiger partial charge in [-0.25, -0.2) is 0 Å². The average molecular weight is 391 g/mol. The number of likely N-dealkylation sites (tertiary alicyclic amines) is 1. The highest BCUT2D eigenvalue weighted by atomic mass is 16.5. The summed E-state index contributed by atoms with van der Waals surface area (Å²) in [6, 6.07) is 5.32. The van der Waals surface area contributed by atoms with Crippen LogP contribution in [0.3, 0.4) is 0 Å². The summed E-state index contributed by atoms with van der Waals surface area (Å²) in [5, 5.41) is 24.3. The zero-order valence-corrected chi connectivity index (χ0v) is 17.1. The van der Waals surface area contributed by atoms with Gasteiger partial charge in [-0.2, -0.15) is 0 Å². The normalized spacial score (nSPS) is 27.8. The first-order valence-electron chi connectivity index (χ1n) is 10.6. The minimum atomic E-state index is -0.677. The van der Waals surface area contributed by atoms with Crippen molar-refractivity contribution in [3.8, 4) is 11.5 Å². The number of benzene rings is 1. The van der Waals surface area contributed by atoms with Crippen LogP contribution in [0.2, 0.25) is 0 Å². The Morgan fingerprint density at radius 1 is 1.36 bits per heavy atom. The highest BCUT2D eigenvalue weighted by molar-refractivity contribution is 5.78. The van der Waals surface area contributed by atoms with Gasteiger partial charge in [-0.1, -0.05) is 32.3 Å². The van der Waals surface area contributed by atoms with Crippen LogP contribution in [-0.2, 0) is 4.79 Å². The van der Waals surface area contributed by atoms with Crippen LogP contribution in [0.15, 0.2) is 18.2 Å². The molecule has 0 radical (unpaired) electrons. The lowest BCUT2D eigenvalue weighted by Crippen LogP contribution is -2.56. The summed E-state index contributed by atoms with van der Waals surface area (Å²) in [6.45, 7) is 3.81. The van der Waals surface area contributed by atoms with E-state index in [-0.39, 0.29) is 23.6 Å². The number of piperidine rings is 1. The minimum absolute atomic E-state index is 0.0328. The molecule has 6 heteroatoms. The van der Waals surface area contributed by atoms with E-state index in [9.17, 15) is 15.0 Å². The van der Waals surface area contributed by atoms with Crippen LogP contribution in [0.25, 0.3) is 0 Å². The number of amides is 1. The molecule has 0 bridgehead atoms. The van der Waals surface area contributed by atoms with Gasteiger partial charge in [0.25, 0.3) is 0 Å². The smallest absolute Gasteiger partial charge is 0.234 e. The number of fused-ring (bicyclic) bond motifs is 1. The fourth-order valence-electron chi connectivity index (χ4n) is 4.89. The first kappa shape index (κ1) is 20.9. The maximum absolute atomic E-state index is 12.5. The Bertz CT molecular complexity index is 681. The molecule has 1 aliphatic carbocycles. The van der Waals surface area contributed by atoms with Gasteiger partial charge in [0.1, 0.15) is 0 Å². The van der Waals surface area contributed by atoms with Crippen molar-refractivity contribution >= 4 is 5.91 Å². The quantitative estimate of drug-likeness (QED) is 0.624. The van der Waals surface area contributed by atoms with Crippen LogP contribution in [0.5, 0.6) is 11.5 Å². The summed E-state index contributed by atoms with van der Waals surface area (Å²) in [5.74, 6) is 0.637. The maximum atomic E-state index is 12.5. The summed E-state index contributed by atoms with van der Waals surface area (Å²) in [7, 11) is 1.54. The number of aliphatic hydroxyl groups is 1. The van der Waals surface area contributed by atoms with Crippen molar-refractivity contribution in [3.05, 3.63) is 23.8 Å². The average Bonchev–Trinajstić information content (AvgIpc) is 2.69. The van der Waals surface area contributed by atoms with Crippen molar-refractivity contribution in [3.63, 3.8) is 0 Å². The Labute approximate surface area is 167 Å². The van der Waals surface area contributed by atoms with Crippen molar-refractivity contribution in [1.29, 1.82) is 0 Å². The molecular weight excluding hydrogens is 356 g/mol. The van der Waals surface area contributed by atoms with Gasteiger partial charge in [-0.3, -0.25) is 9.69 Å². The highest BCUT2D eigenvalue weighted by Gasteiger charge is 2.49. The van der Waals surface area contributed by atoms with Crippen LogP contribution in [-0.4, -0.2) is 53.4 Å². The summed E-state index contributed by atoms with van der Waals surface area (Å²) in [6.07, 6.45) is 6.64. The van der Waals surface area contributed by atoms with E-state index in [0.29, 0.717) is 31.8 Å². The van der Waals surface area contributed by atoms with E-state index in [0.717, 1.165) is 44.1 Å². The Morgan fingerprint density at radius 3 is 2.93 bits per heavy atom. The van der Waals surface area contributed by atoms with Gasteiger partial charge in [0.15, 0.2) is 11.5 Å². The number of nitrogens with zero attached hydrogens (tertiary/aromatic N) is 1. The number of phenolic OH excluding ortho intramolecular Hbond substituents is 1. The molecule has 156 valence electrons. The molecule has 3 atom stereocenters. The minimum Gasteiger partial charge on any atom is -0.504 e. The molecular formula is C22H34N2O4. The topological polar surface area (TPSA) is 82.0 Å². The zero-order valence-electron chi connectivity index (χ0n) is 17.1. The maximum Gasteiger partial charge on any atom is 0.234 e. The number of unbranched alkanes of at least 4 members (excludes halogenated alkanes) is 1. The Morgan fingerprint density at radius 2 is 2.18 bits per heavy atom. The first-order chi connectivity index (χ1) is 13.5.